The molecule has 0 aliphatic carbocycles. The highest BCUT2D eigenvalue weighted by Crippen LogP contribution is 2.10. The van der Waals surface area contributed by atoms with E-state index in [2.05, 4.69) is 56.9 Å². The van der Waals surface area contributed by atoms with Crippen LogP contribution in [0.4, 0.5) is 0 Å². The van der Waals surface area contributed by atoms with Crippen LogP contribution in [-0.2, 0) is 0 Å². The van der Waals surface area contributed by atoms with E-state index in [1.54, 1.807) is 0 Å². The lowest BCUT2D eigenvalue weighted by molar-refractivity contribution is 0.194. The van der Waals surface area contributed by atoms with Crippen LogP contribution in [0.3, 0.4) is 0 Å². The fourth-order valence-electron chi connectivity index (χ4n) is 2.29. The molecule has 0 bridgehead atoms. The molecule has 0 heterocycles. The Bertz CT molecular complexity index is 194. The van der Waals surface area contributed by atoms with Crippen molar-refractivity contribution in [3.63, 3.8) is 0 Å². The van der Waals surface area contributed by atoms with Crippen molar-refractivity contribution in [2.24, 2.45) is 5.92 Å². The van der Waals surface area contributed by atoms with Crippen LogP contribution in [0, 0.1) is 5.92 Å². The summed E-state index contributed by atoms with van der Waals surface area (Å²) in [5.74, 6) is 0.755. The first-order valence-corrected chi connectivity index (χ1v) is 8.15. The van der Waals surface area contributed by atoms with Crippen LogP contribution in [0.1, 0.15) is 47.0 Å². The topological polar surface area (TPSA) is 18.5 Å². The van der Waals surface area contributed by atoms with Crippen LogP contribution in [-0.4, -0.2) is 62.7 Å². The third-order valence-corrected chi connectivity index (χ3v) is 3.85. The van der Waals surface area contributed by atoms with E-state index in [1.165, 1.54) is 38.9 Å². The van der Waals surface area contributed by atoms with Crippen molar-refractivity contribution in [2.75, 3.05) is 46.8 Å². The summed E-state index contributed by atoms with van der Waals surface area (Å²) in [7, 11) is 4.32. The highest BCUT2D eigenvalue weighted by molar-refractivity contribution is 4.77. The maximum atomic E-state index is 3.74. The molecule has 0 aromatic carbocycles. The van der Waals surface area contributed by atoms with Crippen molar-refractivity contribution in [1.29, 1.82) is 0 Å². The summed E-state index contributed by atoms with van der Waals surface area (Å²) in [5.41, 5.74) is 0. The fraction of sp³-hybridized carbons (Fsp3) is 1.00. The first kappa shape index (κ1) is 18.9. The number of rotatable bonds is 12. The van der Waals surface area contributed by atoms with Gasteiger partial charge in [0.25, 0.3) is 0 Å². The highest BCUT2D eigenvalue weighted by atomic mass is 15.2. The monoisotopic (exact) mass is 271 g/mol. The second-order valence-corrected chi connectivity index (χ2v) is 6.05. The summed E-state index contributed by atoms with van der Waals surface area (Å²) >= 11 is 0. The molecule has 19 heavy (non-hydrogen) atoms. The van der Waals surface area contributed by atoms with Gasteiger partial charge in [-0.3, -0.25) is 0 Å². The molecule has 0 amide bonds. The van der Waals surface area contributed by atoms with Crippen LogP contribution in [0.5, 0.6) is 0 Å². The number of hydrogen-bond acceptors (Lipinski definition) is 3. The molecule has 0 radical (unpaired) electrons. The second kappa shape index (κ2) is 11.7. The predicted octanol–water partition coefficient (Wildman–Crippen LogP) is 2.67. The zero-order chi connectivity index (χ0) is 14.7. The smallest absolute Gasteiger partial charge is 0.0220 e. The van der Waals surface area contributed by atoms with E-state index in [9.17, 15) is 0 Å². The number of nitrogens with one attached hydrogen (secondary N) is 1. The van der Waals surface area contributed by atoms with Crippen LogP contribution >= 0.6 is 0 Å². The third kappa shape index (κ3) is 9.42. The molecule has 2 unspecified atom stereocenters. The zero-order valence-electron chi connectivity index (χ0n) is 14.2. The zero-order valence-corrected chi connectivity index (χ0v) is 14.2. The predicted molar refractivity (Wildman–Crippen MR) is 86.8 cm³/mol. The van der Waals surface area contributed by atoms with Gasteiger partial charge in [0.05, 0.1) is 0 Å². The van der Waals surface area contributed by atoms with Crippen LogP contribution in [0.15, 0.2) is 0 Å². The summed E-state index contributed by atoms with van der Waals surface area (Å²) in [5, 5.41) is 3.74. The lowest BCUT2D eigenvalue weighted by Crippen LogP contribution is -2.46. The molecule has 0 aliphatic rings. The summed E-state index contributed by atoms with van der Waals surface area (Å²) < 4.78 is 0. The van der Waals surface area contributed by atoms with Gasteiger partial charge in [0.15, 0.2) is 0 Å². The molecule has 0 spiro atoms. The normalized spacial score (nSPS) is 15.2. The summed E-state index contributed by atoms with van der Waals surface area (Å²) in [4.78, 5) is 4.90. The van der Waals surface area contributed by atoms with Crippen LogP contribution < -0.4 is 5.32 Å². The van der Waals surface area contributed by atoms with E-state index < -0.39 is 0 Å². The Morgan fingerprint density at radius 3 is 2.11 bits per heavy atom. The summed E-state index contributed by atoms with van der Waals surface area (Å²) in [6.45, 7) is 15.1. The van der Waals surface area contributed by atoms with E-state index in [1.807, 2.05) is 0 Å². The molecule has 0 saturated heterocycles. The maximum Gasteiger partial charge on any atom is 0.0220 e. The van der Waals surface area contributed by atoms with Gasteiger partial charge in [0.1, 0.15) is 0 Å². The van der Waals surface area contributed by atoms with Gasteiger partial charge in [-0.05, 0) is 45.9 Å². The molecule has 0 aromatic heterocycles. The highest BCUT2D eigenvalue weighted by Gasteiger charge is 2.18. The number of hydrogen-bond donors (Lipinski definition) is 1. The third-order valence-electron chi connectivity index (χ3n) is 3.85. The molecule has 2 atom stereocenters. The Labute approximate surface area is 121 Å². The number of likely N-dealkylation sites (N-methyl/N-ethyl adjacent to an activating group) is 1. The van der Waals surface area contributed by atoms with Gasteiger partial charge in [0.2, 0.25) is 0 Å². The lowest BCUT2D eigenvalue weighted by Gasteiger charge is -2.32. The SMILES string of the molecule is CCCNC(CN(CCC)CCN(C)C)C(C)CC. The average molecular weight is 271 g/mol. The van der Waals surface area contributed by atoms with Gasteiger partial charge in [-0.25, -0.2) is 0 Å². The van der Waals surface area contributed by atoms with Gasteiger partial charge in [-0.1, -0.05) is 34.1 Å². The molecule has 0 aliphatic heterocycles. The minimum Gasteiger partial charge on any atom is -0.312 e. The molecule has 0 saturated carbocycles. The van der Waals surface area contributed by atoms with Crippen molar-refractivity contribution < 1.29 is 0 Å². The molecular weight excluding hydrogens is 234 g/mol. The van der Waals surface area contributed by atoms with Gasteiger partial charge in [-0.15, -0.1) is 0 Å². The van der Waals surface area contributed by atoms with Crippen molar-refractivity contribution in [2.45, 2.75) is 53.0 Å². The second-order valence-electron chi connectivity index (χ2n) is 6.05. The minimum atomic E-state index is 0.638. The molecule has 3 nitrogen and oxygen atoms in total. The summed E-state index contributed by atoms with van der Waals surface area (Å²) in [6, 6.07) is 0.638. The Morgan fingerprint density at radius 1 is 0.947 bits per heavy atom. The van der Waals surface area contributed by atoms with Crippen molar-refractivity contribution in [1.82, 2.24) is 15.1 Å². The Kier molecular flexibility index (Phi) is 11.6. The quantitative estimate of drug-likeness (QED) is 0.589. The molecule has 0 rings (SSSR count). The van der Waals surface area contributed by atoms with Crippen molar-refractivity contribution >= 4 is 0 Å². The van der Waals surface area contributed by atoms with Gasteiger partial charge in [0, 0.05) is 25.7 Å². The molecule has 0 fully saturated rings. The standard InChI is InChI=1S/C16H37N3/c1-7-10-17-16(15(4)9-3)14-19(11-8-2)13-12-18(5)6/h15-17H,7-14H2,1-6H3. The Morgan fingerprint density at radius 2 is 1.63 bits per heavy atom. The van der Waals surface area contributed by atoms with E-state index >= 15 is 0 Å². The summed E-state index contributed by atoms with van der Waals surface area (Å²) in [6.07, 6.45) is 3.72. The Hall–Kier alpha value is -0.120. The van der Waals surface area contributed by atoms with E-state index in [4.69, 9.17) is 0 Å². The maximum absolute atomic E-state index is 3.74. The molecule has 1 N–H and O–H groups in total. The van der Waals surface area contributed by atoms with E-state index in [0.717, 1.165) is 19.0 Å². The van der Waals surface area contributed by atoms with E-state index in [-0.39, 0.29) is 0 Å². The van der Waals surface area contributed by atoms with Crippen molar-refractivity contribution in [3.05, 3.63) is 0 Å². The molecule has 116 valence electrons. The first-order valence-electron chi connectivity index (χ1n) is 8.15. The Balaban J connectivity index is 4.35. The number of nitrogens with zero attached hydrogens (tertiary/aromatic N) is 2. The fourth-order valence-corrected chi connectivity index (χ4v) is 2.29. The van der Waals surface area contributed by atoms with Crippen LogP contribution in [0.25, 0.3) is 0 Å². The minimum absolute atomic E-state index is 0.638. The van der Waals surface area contributed by atoms with Gasteiger partial charge >= 0.3 is 0 Å². The molecular formula is C16H37N3. The largest absolute Gasteiger partial charge is 0.312 e. The van der Waals surface area contributed by atoms with E-state index in [0.29, 0.717) is 6.04 Å². The lowest BCUT2D eigenvalue weighted by atomic mass is 9.98. The van der Waals surface area contributed by atoms with Gasteiger partial charge < -0.3 is 15.1 Å². The molecule has 0 aromatic rings. The first-order chi connectivity index (χ1) is 9.04. The average Bonchev–Trinajstić information content (AvgIpc) is 2.39. The molecule has 3 heteroatoms. The van der Waals surface area contributed by atoms with Crippen molar-refractivity contribution in [3.8, 4) is 0 Å². The van der Waals surface area contributed by atoms with Crippen LogP contribution in [0.2, 0.25) is 0 Å². The van der Waals surface area contributed by atoms with Gasteiger partial charge in [-0.2, -0.15) is 0 Å².